The van der Waals surface area contributed by atoms with Crippen molar-refractivity contribution in [2.24, 2.45) is 0 Å². The van der Waals surface area contributed by atoms with E-state index in [1.165, 1.54) is 0 Å². The Balaban J connectivity index is 2.18. The van der Waals surface area contributed by atoms with Gasteiger partial charge in [0, 0.05) is 15.2 Å². The molecule has 0 saturated carbocycles. The molecule has 1 atom stereocenters. The summed E-state index contributed by atoms with van der Waals surface area (Å²) in [6.07, 6.45) is 2.67. The molecule has 100 valence electrons. The van der Waals surface area contributed by atoms with Crippen LogP contribution < -0.4 is 5.32 Å². The Hall–Kier alpha value is -1.37. The number of rotatable bonds is 4. The third kappa shape index (κ3) is 3.34. The zero-order valence-corrected chi connectivity index (χ0v) is 13.1. The monoisotopic (exact) mass is 369 g/mol. The number of nitrogens with zero attached hydrogens (tertiary/aromatic N) is 2. The first-order valence-electron chi connectivity index (χ1n) is 6.22. The molecule has 5 heteroatoms. The van der Waals surface area contributed by atoms with Gasteiger partial charge in [0.05, 0.1) is 12.2 Å². The lowest BCUT2D eigenvalue weighted by Gasteiger charge is -2.14. The van der Waals surface area contributed by atoms with E-state index in [0.717, 1.165) is 15.8 Å². The zero-order chi connectivity index (χ0) is 13.8. The SMILES string of the molecule is CC[C@@H](C)n1nccc1NC(=O)c1cccc(I)c1. The molecule has 0 radical (unpaired) electrons. The average Bonchev–Trinajstić information content (AvgIpc) is 2.86. The second-order valence-electron chi connectivity index (χ2n) is 4.38. The van der Waals surface area contributed by atoms with Crippen molar-refractivity contribution < 1.29 is 4.79 Å². The number of carbonyl (C=O) groups is 1. The van der Waals surface area contributed by atoms with Gasteiger partial charge in [0.1, 0.15) is 5.82 Å². The van der Waals surface area contributed by atoms with Crippen molar-refractivity contribution in [2.75, 3.05) is 5.32 Å². The van der Waals surface area contributed by atoms with Crippen LogP contribution >= 0.6 is 22.6 Å². The molecule has 0 bridgehead atoms. The minimum atomic E-state index is -0.108. The van der Waals surface area contributed by atoms with Gasteiger partial charge in [0.25, 0.3) is 5.91 Å². The fraction of sp³-hybridized carbons (Fsp3) is 0.286. The fourth-order valence-electron chi connectivity index (χ4n) is 1.76. The van der Waals surface area contributed by atoms with Crippen LogP contribution in [0.4, 0.5) is 5.82 Å². The maximum absolute atomic E-state index is 12.2. The van der Waals surface area contributed by atoms with Crippen molar-refractivity contribution in [1.29, 1.82) is 0 Å². The van der Waals surface area contributed by atoms with Gasteiger partial charge in [-0.15, -0.1) is 0 Å². The summed E-state index contributed by atoms with van der Waals surface area (Å²) in [7, 11) is 0. The smallest absolute Gasteiger partial charge is 0.256 e. The van der Waals surface area contributed by atoms with Gasteiger partial charge in [-0.3, -0.25) is 4.79 Å². The molecular weight excluding hydrogens is 353 g/mol. The molecule has 1 aromatic carbocycles. The van der Waals surface area contributed by atoms with Crippen LogP contribution in [0.15, 0.2) is 36.5 Å². The van der Waals surface area contributed by atoms with Crippen LogP contribution in [0.25, 0.3) is 0 Å². The van der Waals surface area contributed by atoms with Crippen molar-refractivity contribution in [3.63, 3.8) is 0 Å². The van der Waals surface area contributed by atoms with Gasteiger partial charge in [0.2, 0.25) is 0 Å². The number of halogens is 1. The molecule has 0 aliphatic heterocycles. The van der Waals surface area contributed by atoms with Gasteiger partial charge in [-0.05, 0) is 54.1 Å². The zero-order valence-electron chi connectivity index (χ0n) is 10.9. The third-order valence-electron chi connectivity index (χ3n) is 3.01. The van der Waals surface area contributed by atoms with Crippen LogP contribution in [0.3, 0.4) is 0 Å². The van der Waals surface area contributed by atoms with E-state index in [4.69, 9.17) is 0 Å². The molecule has 1 N–H and O–H groups in total. The van der Waals surface area contributed by atoms with Crippen molar-refractivity contribution in [2.45, 2.75) is 26.3 Å². The number of carbonyl (C=O) groups excluding carboxylic acids is 1. The standard InChI is InChI=1S/C14H16IN3O/c1-3-10(2)18-13(7-8-16-18)17-14(19)11-5-4-6-12(15)9-11/h4-10H,3H2,1-2H3,(H,17,19)/t10-/m1/s1. The topological polar surface area (TPSA) is 46.9 Å². The first kappa shape index (κ1) is 14.0. The number of hydrogen-bond donors (Lipinski definition) is 1. The Kier molecular flexibility index (Phi) is 4.57. The molecule has 0 aliphatic carbocycles. The number of aromatic nitrogens is 2. The van der Waals surface area contributed by atoms with Crippen molar-refractivity contribution in [3.8, 4) is 0 Å². The Morgan fingerprint density at radius 2 is 2.26 bits per heavy atom. The van der Waals surface area contributed by atoms with Gasteiger partial charge in [-0.2, -0.15) is 5.10 Å². The van der Waals surface area contributed by atoms with Crippen LogP contribution in [0.1, 0.15) is 36.7 Å². The summed E-state index contributed by atoms with van der Waals surface area (Å²) in [6, 6.07) is 9.59. The number of nitrogens with one attached hydrogen (secondary N) is 1. The van der Waals surface area contributed by atoms with Crippen molar-refractivity contribution in [1.82, 2.24) is 9.78 Å². The summed E-state index contributed by atoms with van der Waals surface area (Å²) in [5, 5.41) is 7.16. The molecule has 0 fully saturated rings. The molecule has 0 unspecified atom stereocenters. The third-order valence-corrected chi connectivity index (χ3v) is 3.68. The van der Waals surface area contributed by atoms with Gasteiger partial charge in [0.15, 0.2) is 0 Å². The summed E-state index contributed by atoms with van der Waals surface area (Å²) in [5.74, 6) is 0.627. The van der Waals surface area contributed by atoms with Gasteiger partial charge < -0.3 is 5.32 Å². The molecule has 4 nitrogen and oxygen atoms in total. The molecule has 19 heavy (non-hydrogen) atoms. The molecule has 0 spiro atoms. The Labute approximate surface area is 126 Å². The number of anilines is 1. The number of benzene rings is 1. The van der Waals surface area contributed by atoms with Gasteiger partial charge in [-0.25, -0.2) is 4.68 Å². The highest BCUT2D eigenvalue weighted by molar-refractivity contribution is 14.1. The lowest BCUT2D eigenvalue weighted by molar-refractivity contribution is 0.102. The number of hydrogen-bond acceptors (Lipinski definition) is 2. The first-order valence-corrected chi connectivity index (χ1v) is 7.30. The van der Waals surface area contributed by atoms with Crippen LogP contribution in [0.2, 0.25) is 0 Å². The van der Waals surface area contributed by atoms with E-state index in [1.807, 2.05) is 28.9 Å². The molecule has 1 aromatic heterocycles. The molecule has 2 rings (SSSR count). The summed E-state index contributed by atoms with van der Waals surface area (Å²) in [5.41, 5.74) is 0.656. The summed E-state index contributed by atoms with van der Waals surface area (Å²) < 4.78 is 2.88. The van der Waals surface area contributed by atoms with E-state index in [0.29, 0.717) is 5.56 Å². The highest BCUT2D eigenvalue weighted by atomic mass is 127. The van der Waals surface area contributed by atoms with Gasteiger partial charge >= 0.3 is 0 Å². The first-order chi connectivity index (χ1) is 9.11. The van der Waals surface area contributed by atoms with Crippen LogP contribution in [-0.2, 0) is 0 Å². The fourth-order valence-corrected chi connectivity index (χ4v) is 2.30. The molecule has 0 saturated heterocycles. The Bertz CT molecular complexity index is 580. The predicted molar refractivity (Wildman–Crippen MR) is 84.3 cm³/mol. The summed E-state index contributed by atoms with van der Waals surface area (Å²) in [4.78, 5) is 12.2. The minimum Gasteiger partial charge on any atom is -0.307 e. The second kappa shape index (κ2) is 6.18. The van der Waals surface area contributed by atoms with Crippen LogP contribution in [0, 0.1) is 3.57 Å². The Morgan fingerprint density at radius 1 is 1.47 bits per heavy atom. The van der Waals surface area contributed by atoms with E-state index < -0.39 is 0 Å². The van der Waals surface area contributed by atoms with Gasteiger partial charge in [-0.1, -0.05) is 13.0 Å². The molecule has 0 aliphatic rings. The average molecular weight is 369 g/mol. The maximum atomic E-state index is 12.2. The number of amides is 1. The molecule has 2 aromatic rings. The van der Waals surface area contributed by atoms with Crippen molar-refractivity contribution >= 4 is 34.3 Å². The van der Waals surface area contributed by atoms with Crippen LogP contribution in [0.5, 0.6) is 0 Å². The van der Waals surface area contributed by atoms with E-state index in [1.54, 1.807) is 12.3 Å². The van der Waals surface area contributed by atoms with Crippen molar-refractivity contribution in [3.05, 3.63) is 45.7 Å². The van der Waals surface area contributed by atoms with E-state index >= 15 is 0 Å². The second-order valence-corrected chi connectivity index (χ2v) is 5.63. The normalized spacial score (nSPS) is 12.2. The summed E-state index contributed by atoms with van der Waals surface area (Å²) in [6.45, 7) is 4.17. The highest BCUT2D eigenvalue weighted by Gasteiger charge is 2.12. The lowest BCUT2D eigenvalue weighted by Crippen LogP contribution is -2.17. The molecular formula is C14H16IN3O. The maximum Gasteiger partial charge on any atom is 0.256 e. The Morgan fingerprint density at radius 3 is 2.95 bits per heavy atom. The highest BCUT2D eigenvalue weighted by Crippen LogP contribution is 2.17. The molecule has 1 amide bonds. The predicted octanol–water partition coefficient (Wildman–Crippen LogP) is 3.71. The lowest BCUT2D eigenvalue weighted by atomic mass is 10.2. The van der Waals surface area contributed by atoms with Crippen LogP contribution in [-0.4, -0.2) is 15.7 Å². The quantitative estimate of drug-likeness (QED) is 0.836. The molecule has 1 heterocycles. The largest absolute Gasteiger partial charge is 0.307 e. The van der Waals surface area contributed by atoms with E-state index in [-0.39, 0.29) is 11.9 Å². The van der Waals surface area contributed by atoms with E-state index in [9.17, 15) is 4.79 Å². The minimum absolute atomic E-state index is 0.108. The summed E-state index contributed by atoms with van der Waals surface area (Å²) >= 11 is 2.19. The van der Waals surface area contributed by atoms with E-state index in [2.05, 4.69) is 46.9 Å².